The van der Waals surface area contributed by atoms with Crippen molar-refractivity contribution in [2.75, 3.05) is 28.4 Å². The highest BCUT2D eigenvalue weighted by Gasteiger charge is 2.30. The van der Waals surface area contributed by atoms with E-state index in [2.05, 4.69) is 0 Å². The van der Waals surface area contributed by atoms with Crippen molar-refractivity contribution in [3.05, 3.63) is 118 Å². The maximum Gasteiger partial charge on any atom is 0.194 e. The predicted octanol–water partition coefficient (Wildman–Crippen LogP) is 5.80. The van der Waals surface area contributed by atoms with Crippen LogP contribution in [0.3, 0.4) is 0 Å². The SMILES string of the molecule is COc1ccc(C(=O)c2ccc(OC)c(OC)c2C(=O)Cc2ccccc2)c(C(=O)Cc2ccccc2)c1OC. The van der Waals surface area contributed by atoms with Crippen molar-refractivity contribution in [1.82, 2.24) is 0 Å². The predicted molar refractivity (Wildman–Crippen MR) is 151 cm³/mol. The molecule has 0 aliphatic carbocycles. The van der Waals surface area contributed by atoms with Gasteiger partial charge in [-0.1, -0.05) is 60.7 Å². The lowest BCUT2D eigenvalue weighted by Crippen LogP contribution is -2.18. The third-order valence-electron chi connectivity index (χ3n) is 6.55. The van der Waals surface area contributed by atoms with Crippen molar-refractivity contribution in [1.29, 1.82) is 0 Å². The van der Waals surface area contributed by atoms with E-state index < -0.39 is 5.78 Å². The Labute approximate surface area is 233 Å². The molecule has 0 saturated heterocycles. The molecule has 0 radical (unpaired) electrons. The molecule has 0 atom stereocenters. The van der Waals surface area contributed by atoms with Gasteiger partial charge in [0.2, 0.25) is 0 Å². The first-order chi connectivity index (χ1) is 19.4. The Hall–Kier alpha value is -4.91. The van der Waals surface area contributed by atoms with E-state index in [9.17, 15) is 14.4 Å². The standard InChI is InChI=1S/C33H30O7/c1-37-27-17-15-23(29(32(27)39-3)25(34)19-21-11-7-5-8-12-21)31(36)24-16-18-28(38-2)33(40-4)30(24)26(35)20-22-13-9-6-10-14-22/h5-18H,19-20H2,1-4H3. The molecule has 4 aromatic carbocycles. The lowest BCUT2D eigenvalue weighted by atomic mass is 9.88. The van der Waals surface area contributed by atoms with Crippen LogP contribution in [0.25, 0.3) is 0 Å². The van der Waals surface area contributed by atoms with Gasteiger partial charge in [0.25, 0.3) is 0 Å². The van der Waals surface area contributed by atoms with E-state index in [1.807, 2.05) is 60.7 Å². The van der Waals surface area contributed by atoms with Gasteiger partial charge >= 0.3 is 0 Å². The maximum atomic E-state index is 14.2. The van der Waals surface area contributed by atoms with Gasteiger partial charge in [0.1, 0.15) is 0 Å². The van der Waals surface area contributed by atoms with Gasteiger partial charge in [0, 0.05) is 24.0 Å². The Morgan fingerprint density at radius 3 is 1.20 bits per heavy atom. The van der Waals surface area contributed by atoms with Crippen LogP contribution >= 0.6 is 0 Å². The van der Waals surface area contributed by atoms with Gasteiger partial charge in [-0.25, -0.2) is 0 Å². The first-order valence-electron chi connectivity index (χ1n) is 12.6. The van der Waals surface area contributed by atoms with Gasteiger partial charge in [-0.05, 0) is 35.4 Å². The molecule has 7 heteroatoms. The minimum Gasteiger partial charge on any atom is -0.493 e. The van der Waals surface area contributed by atoms with E-state index in [1.54, 1.807) is 12.1 Å². The molecule has 0 N–H and O–H groups in total. The third kappa shape index (κ3) is 5.73. The molecule has 0 heterocycles. The first-order valence-corrected chi connectivity index (χ1v) is 12.6. The van der Waals surface area contributed by atoms with Crippen LogP contribution in [0.15, 0.2) is 84.9 Å². The number of ketones is 3. The summed E-state index contributed by atoms with van der Waals surface area (Å²) in [5, 5.41) is 0. The van der Waals surface area contributed by atoms with Crippen LogP contribution in [-0.2, 0) is 12.8 Å². The second kappa shape index (κ2) is 12.8. The van der Waals surface area contributed by atoms with E-state index in [-0.39, 0.29) is 58.2 Å². The molecular formula is C33H30O7. The monoisotopic (exact) mass is 538 g/mol. The molecule has 0 spiro atoms. The van der Waals surface area contributed by atoms with Crippen LogP contribution < -0.4 is 18.9 Å². The molecule has 7 nitrogen and oxygen atoms in total. The average Bonchev–Trinajstić information content (AvgIpc) is 2.99. The number of Topliss-reactive ketones (excluding diaryl/α,β-unsaturated/α-hetero) is 2. The van der Waals surface area contributed by atoms with E-state index in [0.29, 0.717) is 11.5 Å². The third-order valence-corrected chi connectivity index (χ3v) is 6.55. The van der Waals surface area contributed by atoms with Crippen LogP contribution in [0.4, 0.5) is 0 Å². The van der Waals surface area contributed by atoms with Gasteiger partial charge < -0.3 is 18.9 Å². The highest BCUT2D eigenvalue weighted by molar-refractivity contribution is 6.21. The summed E-state index contributed by atoms with van der Waals surface area (Å²) in [5.74, 6) is -0.286. The van der Waals surface area contributed by atoms with E-state index in [0.717, 1.165) is 11.1 Å². The summed E-state index contributed by atoms with van der Waals surface area (Å²) in [6, 6.07) is 24.6. The smallest absolute Gasteiger partial charge is 0.194 e. The number of hydrogen-bond acceptors (Lipinski definition) is 7. The van der Waals surface area contributed by atoms with Crippen molar-refractivity contribution in [2.45, 2.75) is 12.8 Å². The number of hydrogen-bond donors (Lipinski definition) is 0. The molecule has 0 bridgehead atoms. The largest absolute Gasteiger partial charge is 0.493 e. The van der Waals surface area contributed by atoms with Gasteiger partial charge in [-0.2, -0.15) is 0 Å². The Morgan fingerprint density at radius 1 is 0.500 bits per heavy atom. The molecule has 0 saturated carbocycles. The van der Waals surface area contributed by atoms with Crippen LogP contribution in [0.1, 0.15) is 47.8 Å². The molecule has 0 aliphatic rings. The van der Waals surface area contributed by atoms with Crippen LogP contribution in [-0.4, -0.2) is 45.8 Å². The fourth-order valence-corrected chi connectivity index (χ4v) is 4.67. The number of benzene rings is 4. The van der Waals surface area contributed by atoms with Gasteiger partial charge in [-0.15, -0.1) is 0 Å². The van der Waals surface area contributed by atoms with Gasteiger partial charge in [0.05, 0.1) is 39.6 Å². The summed E-state index contributed by atoms with van der Waals surface area (Å²) >= 11 is 0. The molecule has 0 aliphatic heterocycles. The van der Waals surface area contributed by atoms with Crippen molar-refractivity contribution in [3.8, 4) is 23.0 Å². The number of methoxy groups -OCH3 is 4. The summed E-state index contributed by atoms with van der Waals surface area (Å²) in [4.78, 5) is 41.6. The Morgan fingerprint density at radius 2 is 0.875 bits per heavy atom. The molecule has 40 heavy (non-hydrogen) atoms. The quantitative estimate of drug-likeness (QED) is 0.211. The molecular weight excluding hydrogens is 508 g/mol. The number of ether oxygens (including phenoxy) is 4. The van der Waals surface area contributed by atoms with Crippen molar-refractivity contribution >= 4 is 17.3 Å². The van der Waals surface area contributed by atoms with Crippen LogP contribution in [0, 0.1) is 0 Å². The van der Waals surface area contributed by atoms with Crippen molar-refractivity contribution < 1.29 is 33.3 Å². The van der Waals surface area contributed by atoms with Crippen LogP contribution in [0.5, 0.6) is 23.0 Å². The second-order valence-electron chi connectivity index (χ2n) is 8.95. The molecule has 0 fully saturated rings. The Bertz CT molecular complexity index is 1410. The van der Waals surface area contributed by atoms with Crippen molar-refractivity contribution in [3.63, 3.8) is 0 Å². The summed E-state index contributed by atoms with van der Waals surface area (Å²) in [6.07, 6.45) is 0.0761. The molecule has 0 amide bonds. The summed E-state index contributed by atoms with van der Waals surface area (Å²) in [6.45, 7) is 0. The second-order valence-corrected chi connectivity index (χ2v) is 8.95. The van der Waals surface area contributed by atoms with Gasteiger partial charge in [0.15, 0.2) is 40.3 Å². The van der Waals surface area contributed by atoms with E-state index >= 15 is 0 Å². The fourth-order valence-electron chi connectivity index (χ4n) is 4.67. The van der Waals surface area contributed by atoms with E-state index in [1.165, 1.54) is 40.6 Å². The zero-order valence-electron chi connectivity index (χ0n) is 22.9. The van der Waals surface area contributed by atoms with Crippen LogP contribution in [0.2, 0.25) is 0 Å². The topological polar surface area (TPSA) is 88.1 Å². The summed E-state index contributed by atoms with van der Waals surface area (Å²) < 4.78 is 22.0. The summed E-state index contributed by atoms with van der Waals surface area (Å²) in [7, 11) is 5.74. The maximum absolute atomic E-state index is 14.2. The Kier molecular flexibility index (Phi) is 8.96. The fraction of sp³-hybridized carbons (Fsp3) is 0.182. The molecule has 0 unspecified atom stereocenters. The minimum atomic E-state index is -0.533. The highest BCUT2D eigenvalue weighted by Crippen LogP contribution is 2.39. The lowest BCUT2D eigenvalue weighted by Gasteiger charge is -2.19. The minimum absolute atomic E-state index is 0.0381. The van der Waals surface area contributed by atoms with E-state index in [4.69, 9.17) is 18.9 Å². The Balaban J connectivity index is 1.88. The average molecular weight is 539 g/mol. The number of carbonyl (C=O) groups excluding carboxylic acids is 3. The number of carbonyl (C=O) groups is 3. The lowest BCUT2D eigenvalue weighted by molar-refractivity contribution is 0.0965. The number of rotatable bonds is 12. The normalized spacial score (nSPS) is 10.5. The zero-order chi connectivity index (χ0) is 28.6. The molecule has 4 rings (SSSR count). The summed E-state index contributed by atoms with van der Waals surface area (Å²) in [5.41, 5.74) is 1.87. The molecule has 4 aromatic rings. The first kappa shape index (κ1) is 28.1. The molecule has 0 aromatic heterocycles. The van der Waals surface area contributed by atoms with Crippen molar-refractivity contribution in [2.24, 2.45) is 0 Å². The highest BCUT2D eigenvalue weighted by atomic mass is 16.5. The zero-order valence-corrected chi connectivity index (χ0v) is 22.9. The molecule has 204 valence electrons. The van der Waals surface area contributed by atoms with Gasteiger partial charge in [-0.3, -0.25) is 14.4 Å².